The molecule has 94 valence electrons. The van der Waals surface area contributed by atoms with E-state index in [-0.39, 0.29) is 5.56 Å². The molecule has 2 rings (SSSR count). The van der Waals surface area contributed by atoms with Gasteiger partial charge in [-0.25, -0.2) is 13.2 Å². The van der Waals surface area contributed by atoms with Crippen LogP contribution >= 0.6 is 27.5 Å². The molecule has 0 aliphatic heterocycles. The summed E-state index contributed by atoms with van der Waals surface area (Å²) in [6, 6.07) is 7.83. The van der Waals surface area contributed by atoms with Crippen LogP contribution in [0.1, 0.15) is 16.0 Å². The first-order chi connectivity index (χ1) is 8.49. The number of alkyl halides is 1. The van der Waals surface area contributed by atoms with E-state index in [9.17, 15) is 13.2 Å². The third-order valence-corrected chi connectivity index (χ3v) is 3.70. The molecule has 0 bridgehead atoms. The maximum atomic E-state index is 13.6. The summed E-state index contributed by atoms with van der Waals surface area (Å²) in [6.07, 6.45) is 0. The van der Waals surface area contributed by atoms with Crippen LogP contribution in [0.25, 0.3) is 0 Å². The summed E-state index contributed by atoms with van der Waals surface area (Å²) in [6.45, 7) is 0. The van der Waals surface area contributed by atoms with Crippen molar-refractivity contribution in [2.45, 2.75) is 4.83 Å². The summed E-state index contributed by atoms with van der Waals surface area (Å²) in [5, 5.41) is 0.526. The maximum Gasteiger partial charge on any atom is 0.133 e. The number of hydrogen-bond donors (Lipinski definition) is 0. The Bertz CT molecular complexity index is 546. The minimum Gasteiger partial charge on any atom is -0.207 e. The molecule has 0 fully saturated rings. The molecule has 1 atom stereocenters. The topological polar surface area (TPSA) is 0 Å². The predicted molar refractivity (Wildman–Crippen MR) is 68.5 cm³/mol. The summed E-state index contributed by atoms with van der Waals surface area (Å²) < 4.78 is 40.0. The number of benzene rings is 2. The second-order valence-electron chi connectivity index (χ2n) is 3.70. The monoisotopic (exact) mass is 334 g/mol. The van der Waals surface area contributed by atoms with Crippen molar-refractivity contribution in [3.63, 3.8) is 0 Å². The Kier molecular flexibility index (Phi) is 3.97. The lowest BCUT2D eigenvalue weighted by Crippen LogP contribution is -2.01. The highest BCUT2D eigenvalue weighted by atomic mass is 79.9. The van der Waals surface area contributed by atoms with Crippen molar-refractivity contribution in [3.8, 4) is 0 Å². The van der Waals surface area contributed by atoms with Crippen LogP contribution in [-0.2, 0) is 0 Å². The van der Waals surface area contributed by atoms with Crippen LogP contribution < -0.4 is 0 Å². The van der Waals surface area contributed by atoms with Crippen LogP contribution in [0.5, 0.6) is 0 Å². The van der Waals surface area contributed by atoms with E-state index in [0.29, 0.717) is 22.7 Å². The van der Waals surface area contributed by atoms with Crippen LogP contribution in [-0.4, -0.2) is 0 Å². The smallest absolute Gasteiger partial charge is 0.133 e. The van der Waals surface area contributed by atoms with E-state index in [1.165, 1.54) is 0 Å². The highest BCUT2D eigenvalue weighted by Crippen LogP contribution is 2.34. The Labute approximate surface area is 116 Å². The van der Waals surface area contributed by atoms with Crippen LogP contribution in [0, 0.1) is 17.5 Å². The fourth-order valence-corrected chi connectivity index (χ4v) is 2.46. The highest BCUT2D eigenvalue weighted by Gasteiger charge is 2.20. The van der Waals surface area contributed by atoms with Crippen molar-refractivity contribution < 1.29 is 13.2 Å². The van der Waals surface area contributed by atoms with Crippen molar-refractivity contribution in [2.75, 3.05) is 0 Å². The lowest BCUT2D eigenvalue weighted by atomic mass is 10.0. The molecular weight excluding hydrogens is 328 g/mol. The number of hydrogen-bond acceptors (Lipinski definition) is 0. The van der Waals surface area contributed by atoms with Crippen LogP contribution in [0.15, 0.2) is 36.4 Å². The van der Waals surface area contributed by atoms with Gasteiger partial charge in [0, 0.05) is 22.7 Å². The maximum absolute atomic E-state index is 13.6. The summed E-state index contributed by atoms with van der Waals surface area (Å²) in [7, 11) is 0. The van der Waals surface area contributed by atoms with Crippen LogP contribution in [0.3, 0.4) is 0 Å². The van der Waals surface area contributed by atoms with Gasteiger partial charge in [-0.1, -0.05) is 39.7 Å². The molecule has 0 aromatic heterocycles. The van der Waals surface area contributed by atoms with Gasteiger partial charge in [0.05, 0.1) is 4.83 Å². The number of rotatable bonds is 2. The Morgan fingerprint density at radius 1 is 0.944 bits per heavy atom. The average Bonchev–Trinajstić information content (AvgIpc) is 2.28. The van der Waals surface area contributed by atoms with Gasteiger partial charge in [0.1, 0.15) is 17.5 Å². The second-order valence-corrected chi connectivity index (χ2v) is 5.05. The molecule has 2 aromatic carbocycles. The summed E-state index contributed by atoms with van der Waals surface area (Å²) in [4.78, 5) is -0.699. The lowest BCUT2D eigenvalue weighted by Gasteiger charge is -2.13. The molecular formula is C13H7BrClF3. The van der Waals surface area contributed by atoms with Crippen LogP contribution in [0.4, 0.5) is 13.2 Å². The van der Waals surface area contributed by atoms with E-state index in [0.717, 1.165) is 0 Å². The first kappa shape index (κ1) is 13.4. The number of halogens is 5. The largest absolute Gasteiger partial charge is 0.207 e. The van der Waals surface area contributed by atoms with Gasteiger partial charge in [-0.15, -0.1) is 0 Å². The van der Waals surface area contributed by atoms with Gasteiger partial charge in [0.2, 0.25) is 0 Å². The van der Waals surface area contributed by atoms with E-state index in [1.54, 1.807) is 24.3 Å². The van der Waals surface area contributed by atoms with E-state index in [4.69, 9.17) is 11.6 Å². The second kappa shape index (κ2) is 5.33. The molecule has 0 spiro atoms. The molecule has 0 aliphatic carbocycles. The predicted octanol–water partition coefficient (Wildman–Crippen LogP) is 5.24. The zero-order valence-electron chi connectivity index (χ0n) is 8.93. The Hall–Kier alpha value is -1.00. The molecule has 2 aromatic rings. The molecule has 18 heavy (non-hydrogen) atoms. The van der Waals surface area contributed by atoms with Gasteiger partial charge in [-0.2, -0.15) is 0 Å². The molecule has 0 radical (unpaired) electrons. The molecule has 0 saturated carbocycles. The zero-order valence-corrected chi connectivity index (χ0v) is 11.3. The molecule has 0 aliphatic rings. The van der Waals surface area contributed by atoms with Gasteiger partial charge in [0.25, 0.3) is 0 Å². The Morgan fingerprint density at radius 2 is 1.44 bits per heavy atom. The lowest BCUT2D eigenvalue weighted by molar-refractivity contribution is 0.527. The summed E-state index contributed by atoms with van der Waals surface area (Å²) >= 11 is 8.93. The van der Waals surface area contributed by atoms with Gasteiger partial charge in [-0.3, -0.25) is 0 Å². The van der Waals surface area contributed by atoms with Gasteiger partial charge >= 0.3 is 0 Å². The van der Waals surface area contributed by atoms with E-state index >= 15 is 0 Å². The molecule has 0 nitrogen and oxygen atoms in total. The fourth-order valence-electron chi connectivity index (χ4n) is 1.59. The standard InChI is InChI=1S/C13H7BrClF3/c14-13(7-1-3-8(15)4-2-7)12-10(17)5-9(16)6-11(12)18/h1-6,13H. The molecule has 5 heteroatoms. The third-order valence-electron chi connectivity index (χ3n) is 2.46. The van der Waals surface area contributed by atoms with Gasteiger partial charge in [-0.05, 0) is 17.7 Å². The van der Waals surface area contributed by atoms with Gasteiger partial charge in [0.15, 0.2) is 0 Å². The van der Waals surface area contributed by atoms with Crippen molar-refractivity contribution in [2.24, 2.45) is 0 Å². The molecule has 0 N–H and O–H groups in total. The zero-order chi connectivity index (χ0) is 13.3. The van der Waals surface area contributed by atoms with Crippen molar-refractivity contribution in [1.29, 1.82) is 0 Å². The Morgan fingerprint density at radius 3 is 1.94 bits per heavy atom. The first-order valence-electron chi connectivity index (χ1n) is 5.03. The minimum absolute atomic E-state index is 0.223. The van der Waals surface area contributed by atoms with E-state index < -0.39 is 22.3 Å². The van der Waals surface area contributed by atoms with Crippen LogP contribution in [0.2, 0.25) is 5.02 Å². The Balaban J connectivity index is 2.46. The fraction of sp³-hybridized carbons (Fsp3) is 0.0769. The molecule has 0 heterocycles. The van der Waals surface area contributed by atoms with Gasteiger partial charge < -0.3 is 0 Å². The summed E-state index contributed by atoms with van der Waals surface area (Å²) in [5.41, 5.74) is 0.405. The molecule has 1 unspecified atom stereocenters. The van der Waals surface area contributed by atoms with Crippen molar-refractivity contribution in [1.82, 2.24) is 0 Å². The van der Waals surface area contributed by atoms with E-state index in [1.807, 2.05) is 0 Å². The average molecular weight is 336 g/mol. The summed E-state index contributed by atoms with van der Waals surface area (Å²) in [5.74, 6) is -2.79. The van der Waals surface area contributed by atoms with Crippen molar-refractivity contribution >= 4 is 27.5 Å². The first-order valence-corrected chi connectivity index (χ1v) is 6.32. The van der Waals surface area contributed by atoms with Crippen molar-refractivity contribution in [3.05, 3.63) is 70.0 Å². The third kappa shape index (κ3) is 2.70. The van der Waals surface area contributed by atoms with E-state index in [2.05, 4.69) is 15.9 Å². The quantitative estimate of drug-likeness (QED) is 0.658. The SMILES string of the molecule is Fc1cc(F)c(C(Br)c2ccc(Cl)cc2)c(F)c1. The molecule has 0 saturated heterocycles. The minimum atomic E-state index is -0.940. The molecule has 0 amide bonds. The highest BCUT2D eigenvalue weighted by molar-refractivity contribution is 9.09. The normalized spacial score (nSPS) is 12.5.